The Labute approximate surface area is 258 Å². The van der Waals surface area contributed by atoms with Crippen LogP contribution >= 0.6 is 0 Å². The summed E-state index contributed by atoms with van der Waals surface area (Å²) < 4.78 is 45.0. The van der Waals surface area contributed by atoms with Crippen LogP contribution in [0.2, 0.25) is 0 Å². The van der Waals surface area contributed by atoms with Crippen LogP contribution < -0.4 is 0 Å². The van der Waals surface area contributed by atoms with E-state index in [0.29, 0.717) is 0 Å². The Morgan fingerprint density at radius 2 is 1.59 bits per heavy atom. The van der Waals surface area contributed by atoms with Gasteiger partial charge in [0.15, 0.2) is 12.3 Å². The van der Waals surface area contributed by atoms with Crippen molar-refractivity contribution in [2.24, 2.45) is 0 Å². The van der Waals surface area contributed by atoms with Crippen LogP contribution in [0.15, 0.2) is 94.4 Å². The van der Waals surface area contributed by atoms with Gasteiger partial charge in [0.25, 0.3) is 0 Å². The smallest absolute Gasteiger partial charge is 0.210 e. The van der Waals surface area contributed by atoms with Gasteiger partial charge in [0.1, 0.15) is 10.1 Å². The van der Waals surface area contributed by atoms with E-state index in [1.54, 1.807) is 0 Å². The minimum atomic E-state index is -4.52. The van der Waals surface area contributed by atoms with Crippen molar-refractivity contribution < 1.29 is 22.3 Å². The second-order valence-electron chi connectivity index (χ2n) is 14.3. The summed E-state index contributed by atoms with van der Waals surface area (Å²) in [6.07, 6.45) is 5.66. The molecule has 44 heavy (non-hydrogen) atoms. The van der Waals surface area contributed by atoms with Gasteiger partial charge in [0.05, 0.1) is 22.5 Å². The summed E-state index contributed by atoms with van der Waals surface area (Å²) in [5, 5.41) is 4.43. The van der Waals surface area contributed by atoms with Crippen LogP contribution in [0, 0.1) is 0 Å². The fraction of sp³-hybridized carbons (Fsp3) is 0.342. The minimum absolute atomic E-state index is 0.0759. The Morgan fingerprint density at radius 3 is 2.41 bits per heavy atom. The second kappa shape index (κ2) is 8.57. The molecule has 3 atom stereocenters. The molecule has 2 aliphatic carbocycles. The highest BCUT2D eigenvalue weighted by Gasteiger charge is 2.55. The van der Waals surface area contributed by atoms with E-state index in [1.165, 1.54) is 67.7 Å². The molecule has 5 nitrogen and oxygen atoms in total. The third-order valence-corrected chi connectivity index (χ3v) is 12.1. The minimum Gasteiger partial charge on any atom is -0.744 e. The second-order valence-corrected chi connectivity index (χ2v) is 15.7. The van der Waals surface area contributed by atoms with E-state index in [0.717, 1.165) is 36.6 Å². The number of benzene rings is 4. The normalized spacial score (nSPS) is 26.1. The predicted octanol–water partition coefficient (Wildman–Crippen LogP) is 7.54. The SMILES string of the molecule is CC1(C)C2=C3C=C4C5=[N+](CCC4OC3CCC2c2ccc3cc(S(=O)(=O)[O-])ccc3c21)c1ccc2ccccc2c1C5(C)C. The van der Waals surface area contributed by atoms with Crippen LogP contribution in [0.25, 0.3) is 21.5 Å². The number of nitrogens with zero attached hydrogens (tertiary/aromatic N) is 1. The van der Waals surface area contributed by atoms with E-state index in [1.807, 2.05) is 12.1 Å². The fourth-order valence-electron chi connectivity index (χ4n) is 9.70. The molecule has 9 rings (SSSR count). The van der Waals surface area contributed by atoms with Gasteiger partial charge in [-0.15, -0.1) is 0 Å². The summed E-state index contributed by atoms with van der Waals surface area (Å²) >= 11 is 0. The van der Waals surface area contributed by atoms with E-state index in [9.17, 15) is 13.0 Å². The molecule has 0 fully saturated rings. The standard InChI is InChI=1S/C38H35NO4S/c1-37(2)33-25-13-11-23(44(40,41)42)19-22(25)9-12-26(33)27-14-16-31-28(34(27)37)20-29-32(43-31)17-18-39-30-15-10-21-7-5-6-8-24(21)35(30)38(3,4)36(29)39/h5-13,15,19-20,27,31-32H,14,16-18H2,1-4H3. The molecule has 0 amide bonds. The third kappa shape index (κ3) is 3.37. The van der Waals surface area contributed by atoms with E-state index < -0.39 is 10.1 Å². The largest absolute Gasteiger partial charge is 0.744 e. The van der Waals surface area contributed by atoms with Crippen LogP contribution in [-0.2, 0) is 25.7 Å². The molecule has 0 radical (unpaired) electrons. The first-order valence-electron chi connectivity index (χ1n) is 15.8. The van der Waals surface area contributed by atoms with Crippen LogP contribution in [0.1, 0.15) is 69.6 Å². The van der Waals surface area contributed by atoms with Crippen molar-refractivity contribution in [2.75, 3.05) is 6.54 Å². The highest BCUT2D eigenvalue weighted by Crippen LogP contribution is 2.59. The highest BCUT2D eigenvalue weighted by molar-refractivity contribution is 7.85. The number of ether oxygens (including phenoxy) is 1. The zero-order valence-corrected chi connectivity index (χ0v) is 26.3. The molecule has 222 valence electrons. The van der Waals surface area contributed by atoms with Gasteiger partial charge in [-0.25, -0.2) is 8.42 Å². The maximum absolute atomic E-state index is 11.8. The molecule has 3 unspecified atom stereocenters. The lowest BCUT2D eigenvalue weighted by Crippen LogP contribution is -2.45. The van der Waals surface area contributed by atoms with E-state index in [-0.39, 0.29) is 33.9 Å². The van der Waals surface area contributed by atoms with Crippen molar-refractivity contribution in [3.63, 3.8) is 0 Å². The number of fused-ring (bicyclic) bond motifs is 12. The molecule has 6 heteroatoms. The molecule has 0 bridgehead atoms. The molecule has 0 saturated heterocycles. The molecular formula is C38H35NO4S. The molecule has 0 spiro atoms. The zero-order valence-electron chi connectivity index (χ0n) is 25.5. The van der Waals surface area contributed by atoms with Crippen molar-refractivity contribution in [2.45, 2.75) is 80.8 Å². The lowest BCUT2D eigenvalue weighted by molar-refractivity contribution is -0.445. The molecule has 4 aromatic carbocycles. The lowest BCUT2D eigenvalue weighted by Gasteiger charge is -2.41. The molecular weight excluding hydrogens is 566 g/mol. The van der Waals surface area contributed by atoms with Crippen molar-refractivity contribution in [3.05, 3.63) is 106 Å². The van der Waals surface area contributed by atoms with Gasteiger partial charge in [-0.2, -0.15) is 4.58 Å². The molecule has 0 N–H and O–H groups in total. The van der Waals surface area contributed by atoms with Crippen molar-refractivity contribution in [1.29, 1.82) is 0 Å². The predicted molar refractivity (Wildman–Crippen MR) is 172 cm³/mol. The number of hydrogen-bond donors (Lipinski definition) is 0. The summed E-state index contributed by atoms with van der Waals surface area (Å²) in [6.45, 7) is 10.3. The van der Waals surface area contributed by atoms with E-state index in [2.05, 4.69) is 80.8 Å². The molecule has 0 aromatic heterocycles. The Balaban J connectivity index is 1.24. The number of rotatable bonds is 1. The Bertz CT molecular complexity index is 2200. The summed E-state index contributed by atoms with van der Waals surface area (Å²) in [7, 11) is -4.52. The average Bonchev–Trinajstić information content (AvgIpc) is 3.39. The third-order valence-electron chi connectivity index (χ3n) is 11.3. The van der Waals surface area contributed by atoms with Gasteiger partial charge < -0.3 is 9.29 Å². The van der Waals surface area contributed by atoms with Crippen molar-refractivity contribution >= 4 is 43.1 Å². The van der Waals surface area contributed by atoms with Crippen LogP contribution in [0.4, 0.5) is 5.69 Å². The van der Waals surface area contributed by atoms with Crippen LogP contribution in [-0.4, -0.2) is 42.0 Å². The first kappa shape index (κ1) is 26.8. The molecule has 3 heterocycles. The highest BCUT2D eigenvalue weighted by atomic mass is 32.2. The van der Waals surface area contributed by atoms with Crippen LogP contribution in [0.5, 0.6) is 0 Å². The Hall–Kier alpha value is -3.58. The quantitative estimate of drug-likeness (QED) is 0.167. The maximum atomic E-state index is 11.8. The van der Waals surface area contributed by atoms with E-state index in [4.69, 9.17) is 4.74 Å². The molecule has 4 aromatic rings. The summed E-state index contributed by atoms with van der Waals surface area (Å²) in [5.74, 6) is 0.290. The monoisotopic (exact) mass is 601 g/mol. The summed E-state index contributed by atoms with van der Waals surface area (Å²) in [4.78, 5) is -0.177. The number of hydrogen-bond acceptors (Lipinski definition) is 4. The van der Waals surface area contributed by atoms with Crippen molar-refractivity contribution in [1.82, 2.24) is 0 Å². The van der Waals surface area contributed by atoms with Gasteiger partial charge in [-0.1, -0.05) is 56.3 Å². The number of allylic oxidation sites excluding steroid dienone is 1. The van der Waals surface area contributed by atoms with Gasteiger partial charge in [-0.3, -0.25) is 0 Å². The lowest BCUT2D eigenvalue weighted by atomic mass is 9.69. The molecule has 5 aliphatic rings. The summed E-state index contributed by atoms with van der Waals surface area (Å²) in [6, 6.07) is 22.3. The molecule has 0 saturated carbocycles. The average molecular weight is 602 g/mol. The van der Waals surface area contributed by atoms with Gasteiger partial charge in [-0.05, 0) is 94.8 Å². The van der Waals surface area contributed by atoms with Gasteiger partial charge >= 0.3 is 0 Å². The first-order valence-corrected chi connectivity index (χ1v) is 17.2. The maximum Gasteiger partial charge on any atom is 0.210 e. The zero-order chi connectivity index (χ0) is 30.3. The fourth-order valence-corrected chi connectivity index (χ4v) is 10.2. The topological polar surface area (TPSA) is 69.4 Å². The molecule has 3 aliphatic heterocycles. The van der Waals surface area contributed by atoms with Gasteiger partial charge in [0.2, 0.25) is 5.69 Å². The summed E-state index contributed by atoms with van der Waals surface area (Å²) in [5.41, 5.74) is 10.3. The van der Waals surface area contributed by atoms with Crippen molar-refractivity contribution in [3.8, 4) is 0 Å². The van der Waals surface area contributed by atoms with Gasteiger partial charge in [0, 0.05) is 35.0 Å². The van der Waals surface area contributed by atoms with Crippen LogP contribution in [0.3, 0.4) is 0 Å². The Morgan fingerprint density at radius 1 is 0.818 bits per heavy atom. The first-order chi connectivity index (χ1) is 21.0. The van der Waals surface area contributed by atoms with E-state index >= 15 is 0 Å². The Kier molecular flexibility index (Phi) is 5.22.